The Morgan fingerprint density at radius 3 is 2.58 bits per heavy atom. The minimum atomic E-state index is 0.137. The molecule has 2 N–H and O–H groups in total. The summed E-state index contributed by atoms with van der Waals surface area (Å²) in [5.41, 5.74) is 6.93. The minimum Gasteiger partial charge on any atom is -0.504 e. The number of hydrogen-bond acceptors (Lipinski definition) is 4. The Morgan fingerprint density at radius 1 is 1.08 bits per heavy atom. The number of aromatic hydroxyl groups is 1. The van der Waals surface area contributed by atoms with Gasteiger partial charge in [0.15, 0.2) is 11.5 Å². The number of phenolic OH excluding ortho intramolecular Hbond substituents is 1. The number of nitrogens with zero attached hydrogens (tertiary/aromatic N) is 1. The van der Waals surface area contributed by atoms with Crippen LogP contribution in [0.3, 0.4) is 0 Å². The second-order valence-corrected chi connectivity index (χ2v) is 5.96. The summed E-state index contributed by atoms with van der Waals surface area (Å²) in [7, 11) is 3.48. The molecule has 0 aliphatic heterocycles. The number of fused-ring (bicyclic) bond motifs is 1. The molecule has 0 atom stereocenters. The topological polar surface area (TPSA) is 54.4 Å². The highest BCUT2D eigenvalue weighted by Crippen LogP contribution is 2.33. The van der Waals surface area contributed by atoms with E-state index in [1.54, 1.807) is 25.4 Å². The first-order chi connectivity index (χ1) is 11.5. The lowest BCUT2D eigenvalue weighted by molar-refractivity contribution is 0.374. The number of rotatable bonds is 4. The van der Waals surface area contributed by atoms with Gasteiger partial charge in [-0.1, -0.05) is 6.07 Å². The maximum Gasteiger partial charge on any atom is 0.162 e. The number of nitrogens with one attached hydrogen (secondary N) is 1. The van der Waals surface area contributed by atoms with Crippen molar-refractivity contribution in [3.8, 4) is 11.5 Å². The first-order valence-corrected chi connectivity index (χ1v) is 7.96. The normalized spacial score (nSPS) is 10.8. The highest BCUT2D eigenvalue weighted by Gasteiger charge is 2.11. The third-order valence-electron chi connectivity index (χ3n) is 4.68. The van der Waals surface area contributed by atoms with Gasteiger partial charge in [-0.15, -0.1) is 0 Å². The molecule has 0 saturated heterocycles. The van der Waals surface area contributed by atoms with Gasteiger partial charge in [-0.25, -0.2) is 0 Å². The summed E-state index contributed by atoms with van der Waals surface area (Å²) >= 11 is 0. The van der Waals surface area contributed by atoms with E-state index in [9.17, 15) is 5.11 Å². The van der Waals surface area contributed by atoms with Crippen LogP contribution in [-0.2, 0) is 6.42 Å². The van der Waals surface area contributed by atoms with Crippen LogP contribution in [0.15, 0.2) is 36.5 Å². The third-order valence-corrected chi connectivity index (χ3v) is 4.68. The van der Waals surface area contributed by atoms with Gasteiger partial charge in [0.05, 0.1) is 12.6 Å². The van der Waals surface area contributed by atoms with Crippen molar-refractivity contribution in [3.05, 3.63) is 58.8 Å². The molecule has 1 aromatic heterocycles. The van der Waals surface area contributed by atoms with Gasteiger partial charge in [-0.3, -0.25) is 4.98 Å². The van der Waals surface area contributed by atoms with E-state index in [0.29, 0.717) is 5.75 Å². The number of phenols is 1. The SMILES string of the molecule is CNc1ccc(Cc2ccnc3cc(OC)c(O)cc23)c(C)c1C. The zero-order chi connectivity index (χ0) is 17.3. The summed E-state index contributed by atoms with van der Waals surface area (Å²) < 4.78 is 5.17. The van der Waals surface area contributed by atoms with E-state index in [1.807, 2.05) is 13.1 Å². The molecule has 0 aliphatic rings. The quantitative estimate of drug-likeness (QED) is 0.756. The molecule has 4 heteroatoms. The molecular formula is C20H22N2O2. The Labute approximate surface area is 142 Å². The molecule has 0 amide bonds. The largest absolute Gasteiger partial charge is 0.504 e. The van der Waals surface area contributed by atoms with E-state index in [0.717, 1.165) is 28.6 Å². The Morgan fingerprint density at radius 2 is 1.88 bits per heavy atom. The van der Waals surface area contributed by atoms with E-state index >= 15 is 0 Å². The van der Waals surface area contributed by atoms with Gasteiger partial charge in [0.2, 0.25) is 0 Å². The molecule has 0 spiro atoms. The lowest BCUT2D eigenvalue weighted by Gasteiger charge is -2.14. The number of aromatic nitrogens is 1. The fourth-order valence-corrected chi connectivity index (χ4v) is 3.08. The second-order valence-electron chi connectivity index (χ2n) is 5.96. The number of hydrogen-bond donors (Lipinski definition) is 2. The van der Waals surface area contributed by atoms with Crippen LogP contribution in [-0.4, -0.2) is 24.2 Å². The van der Waals surface area contributed by atoms with Crippen molar-refractivity contribution >= 4 is 16.6 Å². The van der Waals surface area contributed by atoms with E-state index in [4.69, 9.17) is 4.74 Å². The van der Waals surface area contributed by atoms with Crippen LogP contribution in [0.5, 0.6) is 11.5 Å². The van der Waals surface area contributed by atoms with Crippen molar-refractivity contribution in [2.24, 2.45) is 0 Å². The molecular weight excluding hydrogens is 300 g/mol. The van der Waals surface area contributed by atoms with Crippen LogP contribution in [0, 0.1) is 13.8 Å². The van der Waals surface area contributed by atoms with Crippen molar-refractivity contribution in [2.45, 2.75) is 20.3 Å². The van der Waals surface area contributed by atoms with Gasteiger partial charge >= 0.3 is 0 Å². The highest BCUT2D eigenvalue weighted by molar-refractivity contribution is 5.86. The highest BCUT2D eigenvalue weighted by atomic mass is 16.5. The van der Waals surface area contributed by atoms with Gasteiger partial charge in [-0.05, 0) is 60.7 Å². The molecule has 0 radical (unpaired) electrons. The first kappa shape index (κ1) is 16.1. The Kier molecular flexibility index (Phi) is 4.30. The number of benzene rings is 2. The molecule has 4 nitrogen and oxygen atoms in total. The second kappa shape index (κ2) is 6.40. The molecule has 0 bridgehead atoms. The Hall–Kier alpha value is -2.75. The average molecular weight is 322 g/mol. The van der Waals surface area contributed by atoms with Crippen LogP contribution < -0.4 is 10.1 Å². The summed E-state index contributed by atoms with van der Waals surface area (Å²) in [6, 6.07) is 9.79. The summed E-state index contributed by atoms with van der Waals surface area (Å²) in [6.45, 7) is 4.28. The Bertz CT molecular complexity index is 904. The average Bonchev–Trinajstić information content (AvgIpc) is 2.59. The smallest absolute Gasteiger partial charge is 0.162 e. The number of anilines is 1. The van der Waals surface area contributed by atoms with Crippen molar-refractivity contribution in [2.75, 3.05) is 19.5 Å². The first-order valence-electron chi connectivity index (χ1n) is 7.96. The summed E-state index contributed by atoms with van der Waals surface area (Å²) in [4.78, 5) is 4.40. The fourth-order valence-electron chi connectivity index (χ4n) is 3.08. The zero-order valence-electron chi connectivity index (χ0n) is 14.5. The van der Waals surface area contributed by atoms with Gasteiger partial charge in [0, 0.05) is 30.4 Å². The van der Waals surface area contributed by atoms with Crippen molar-refractivity contribution in [1.82, 2.24) is 4.98 Å². The van der Waals surface area contributed by atoms with Gasteiger partial charge in [0.25, 0.3) is 0 Å². The number of ether oxygens (including phenoxy) is 1. The van der Waals surface area contributed by atoms with Crippen LogP contribution in [0.4, 0.5) is 5.69 Å². The molecule has 0 aliphatic carbocycles. The molecule has 2 aromatic carbocycles. The van der Waals surface area contributed by atoms with Crippen molar-refractivity contribution in [1.29, 1.82) is 0 Å². The lowest BCUT2D eigenvalue weighted by Crippen LogP contribution is -2.00. The predicted octanol–water partition coefficient (Wildman–Crippen LogP) is 4.20. The van der Waals surface area contributed by atoms with E-state index in [2.05, 4.69) is 36.3 Å². The van der Waals surface area contributed by atoms with Crippen LogP contribution in [0.2, 0.25) is 0 Å². The molecule has 3 aromatic rings. The molecule has 124 valence electrons. The number of pyridine rings is 1. The summed E-state index contributed by atoms with van der Waals surface area (Å²) in [5.74, 6) is 0.579. The molecule has 1 heterocycles. The molecule has 3 rings (SSSR count). The van der Waals surface area contributed by atoms with Crippen LogP contribution in [0.25, 0.3) is 10.9 Å². The van der Waals surface area contributed by atoms with Crippen molar-refractivity contribution < 1.29 is 9.84 Å². The third kappa shape index (κ3) is 2.75. The maximum atomic E-state index is 10.1. The zero-order valence-corrected chi connectivity index (χ0v) is 14.5. The Balaban J connectivity index is 2.08. The van der Waals surface area contributed by atoms with Gasteiger partial charge in [-0.2, -0.15) is 0 Å². The monoisotopic (exact) mass is 322 g/mol. The molecule has 0 unspecified atom stereocenters. The van der Waals surface area contributed by atoms with Gasteiger partial charge < -0.3 is 15.2 Å². The van der Waals surface area contributed by atoms with E-state index < -0.39 is 0 Å². The standard InChI is InChI=1S/C20H22N2O2/c1-12-13(2)17(21-3)6-5-14(12)9-15-7-8-22-18-11-20(24-4)19(23)10-16(15)18/h5-8,10-11,21,23H,9H2,1-4H3. The fraction of sp³-hybridized carbons (Fsp3) is 0.250. The van der Waals surface area contributed by atoms with E-state index in [1.165, 1.54) is 16.7 Å². The van der Waals surface area contributed by atoms with Crippen LogP contribution in [0.1, 0.15) is 22.3 Å². The number of methoxy groups -OCH3 is 1. The predicted molar refractivity (Wildman–Crippen MR) is 98.2 cm³/mol. The summed E-state index contributed by atoms with van der Waals surface area (Å²) in [6.07, 6.45) is 2.60. The van der Waals surface area contributed by atoms with Crippen LogP contribution >= 0.6 is 0 Å². The van der Waals surface area contributed by atoms with E-state index in [-0.39, 0.29) is 5.75 Å². The maximum absolute atomic E-state index is 10.1. The molecule has 0 saturated carbocycles. The van der Waals surface area contributed by atoms with Gasteiger partial charge in [0.1, 0.15) is 0 Å². The molecule has 0 fully saturated rings. The van der Waals surface area contributed by atoms with Crippen molar-refractivity contribution in [3.63, 3.8) is 0 Å². The minimum absolute atomic E-state index is 0.137. The molecule has 24 heavy (non-hydrogen) atoms. The summed E-state index contributed by atoms with van der Waals surface area (Å²) in [5, 5.41) is 14.3. The lowest BCUT2D eigenvalue weighted by atomic mass is 9.94.